The molecule has 0 aliphatic rings. The molecule has 0 atom stereocenters. The maximum atomic E-state index is 11.3. The van der Waals surface area contributed by atoms with Gasteiger partial charge in [0.05, 0.1) is 0 Å². The Morgan fingerprint density at radius 3 is 1.95 bits per heavy atom. The van der Waals surface area contributed by atoms with Crippen molar-refractivity contribution in [1.29, 1.82) is 0 Å². The van der Waals surface area contributed by atoms with Crippen LogP contribution < -0.4 is 0 Å². The number of carbonyl (C=O) groups excluding carboxylic acids is 1. The van der Waals surface area contributed by atoms with Crippen molar-refractivity contribution in [1.82, 2.24) is 0 Å². The molecule has 21 heavy (non-hydrogen) atoms. The molecule has 0 unspecified atom stereocenters. The van der Waals surface area contributed by atoms with Crippen molar-refractivity contribution < 1.29 is 43.0 Å². The third kappa shape index (κ3) is 11.0. The molecule has 0 amide bonds. The summed E-state index contributed by atoms with van der Waals surface area (Å²) in [5.41, 5.74) is 0.409. The molecule has 0 rings (SSSR count). The molecule has 7 heteroatoms. The minimum absolute atomic E-state index is 0.355. The summed E-state index contributed by atoms with van der Waals surface area (Å²) in [6, 6.07) is 0. The zero-order valence-electron chi connectivity index (χ0n) is 13.6. The molecule has 0 N–H and O–H groups in total. The molecule has 0 aliphatic heterocycles. The van der Waals surface area contributed by atoms with Crippen molar-refractivity contribution in [3.63, 3.8) is 0 Å². The summed E-state index contributed by atoms with van der Waals surface area (Å²) in [6.45, 7) is 7.65. The van der Waals surface area contributed by atoms with E-state index in [1.54, 1.807) is 21.1 Å². The Morgan fingerprint density at radius 2 is 1.52 bits per heavy atom. The Balaban J connectivity index is 4.12. The van der Waals surface area contributed by atoms with Crippen LogP contribution in [0.1, 0.15) is 13.3 Å². The number of hydrogen-bond donors (Lipinski definition) is 0. The molecule has 0 aromatic rings. The summed E-state index contributed by atoms with van der Waals surface area (Å²) < 4.78 is 27.6. The van der Waals surface area contributed by atoms with E-state index >= 15 is 0 Å². The van der Waals surface area contributed by atoms with Crippen LogP contribution >= 0.6 is 0 Å². The van der Waals surface area contributed by atoms with Crippen molar-refractivity contribution in [2.24, 2.45) is 0 Å². The van der Waals surface area contributed by atoms with Gasteiger partial charge >= 0.3 is 132 Å². The number of methoxy groups -OCH3 is 2. The summed E-state index contributed by atoms with van der Waals surface area (Å²) in [5.74, 6) is -0.357. The summed E-state index contributed by atoms with van der Waals surface area (Å²) in [4.78, 5) is 11.3. The van der Waals surface area contributed by atoms with E-state index in [2.05, 4.69) is 6.58 Å². The van der Waals surface area contributed by atoms with Gasteiger partial charge < -0.3 is 0 Å². The molecular weight excluding hydrogens is 312 g/mol. The average Bonchev–Trinajstić information content (AvgIpc) is 2.44. The molecule has 0 spiro atoms. The molecule has 0 heterocycles. The number of esters is 1. The van der Waals surface area contributed by atoms with Crippen LogP contribution in [0, 0.1) is 0 Å². The van der Waals surface area contributed by atoms with Crippen molar-refractivity contribution in [2.45, 2.75) is 23.3 Å². The number of ether oxygens (including phenoxy) is 3. The van der Waals surface area contributed by atoms with E-state index < -0.39 is 17.4 Å². The molecule has 0 aromatic carbocycles. The van der Waals surface area contributed by atoms with E-state index in [4.69, 9.17) is 20.8 Å². The standard InChI is InChI=1S/C7H11O2.2C3H7O2.CH3.Ti/c1-4-5-9-7(8)6(2)3;2*1-5-3-2-4;;/h1-2,4-5H2,3H3;2*2-3H2,1H3;1H3;/q;2*-1;;+2. The summed E-state index contributed by atoms with van der Waals surface area (Å²) >= 11 is -2.84. The van der Waals surface area contributed by atoms with Gasteiger partial charge in [-0.15, -0.1) is 0 Å². The van der Waals surface area contributed by atoms with Gasteiger partial charge in [0.2, 0.25) is 0 Å². The van der Waals surface area contributed by atoms with Gasteiger partial charge in [-0.2, -0.15) is 0 Å². The number of rotatable bonds is 13. The average molecular weight is 340 g/mol. The molecule has 6 nitrogen and oxygen atoms in total. The Hall–Kier alpha value is -0.236. The summed E-state index contributed by atoms with van der Waals surface area (Å²) in [6.07, 6.45) is 0.718. The first kappa shape index (κ1) is 20.8. The molecule has 0 radical (unpaired) electrons. The van der Waals surface area contributed by atoms with E-state index in [-0.39, 0.29) is 5.97 Å². The monoisotopic (exact) mass is 340 g/mol. The Morgan fingerprint density at radius 1 is 1.00 bits per heavy atom. The number of hydrogen-bond acceptors (Lipinski definition) is 6. The van der Waals surface area contributed by atoms with Crippen molar-refractivity contribution in [3.05, 3.63) is 12.2 Å². The van der Waals surface area contributed by atoms with Crippen LogP contribution in [-0.4, -0.2) is 53.2 Å². The van der Waals surface area contributed by atoms with Gasteiger partial charge in [-0.25, -0.2) is 0 Å². The van der Waals surface area contributed by atoms with Crippen LogP contribution in [-0.2, 0) is 43.0 Å². The maximum absolute atomic E-state index is 11.3. The molecule has 124 valence electrons. The third-order valence-electron chi connectivity index (χ3n) is 2.75. The zero-order chi connectivity index (χ0) is 16.1. The van der Waals surface area contributed by atoms with E-state index in [9.17, 15) is 4.79 Å². The molecule has 0 aliphatic carbocycles. The van der Waals surface area contributed by atoms with Crippen molar-refractivity contribution in [2.75, 3.05) is 47.3 Å². The summed E-state index contributed by atoms with van der Waals surface area (Å²) in [5, 5.41) is 2.05. The van der Waals surface area contributed by atoms with Crippen LogP contribution in [0.5, 0.6) is 0 Å². The van der Waals surface area contributed by atoms with Gasteiger partial charge in [0.1, 0.15) is 0 Å². The quantitative estimate of drug-likeness (QED) is 0.222. The first-order valence-corrected chi connectivity index (χ1v) is 11.0. The van der Waals surface area contributed by atoms with E-state index in [0.29, 0.717) is 38.6 Å². The van der Waals surface area contributed by atoms with Crippen molar-refractivity contribution >= 4 is 5.97 Å². The van der Waals surface area contributed by atoms with Crippen LogP contribution in [0.15, 0.2) is 12.2 Å². The second-order valence-corrected chi connectivity index (χ2v) is 10.1. The third-order valence-corrected chi connectivity index (χ3v) is 7.26. The second kappa shape index (κ2) is 12.3. The van der Waals surface area contributed by atoms with E-state index in [1.165, 1.54) is 0 Å². The van der Waals surface area contributed by atoms with Crippen LogP contribution in [0.2, 0.25) is 9.95 Å². The van der Waals surface area contributed by atoms with Gasteiger partial charge in [0.25, 0.3) is 0 Å². The second-order valence-electron chi connectivity index (χ2n) is 4.84. The van der Waals surface area contributed by atoms with E-state index in [1.807, 2.05) is 5.23 Å². The van der Waals surface area contributed by atoms with Gasteiger partial charge in [0.15, 0.2) is 0 Å². The van der Waals surface area contributed by atoms with Gasteiger partial charge in [-0.1, -0.05) is 0 Å². The molecule has 0 saturated heterocycles. The van der Waals surface area contributed by atoms with Crippen molar-refractivity contribution in [3.8, 4) is 0 Å². The van der Waals surface area contributed by atoms with E-state index in [0.717, 1.165) is 11.1 Å². The van der Waals surface area contributed by atoms with Gasteiger partial charge in [-0.05, 0) is 0 Å². The Bertz CT molecular complexity index is 298. The first-order chi connectivity index (χ1) is 9.95. The first-order valence-electron chi connectivity index (χ1n) is 7.03. The Labute approximate surface area is 132 Å². The number of carbonyl (C=O) groups is 1. The fourth-order valence-electron chi connectivity index (χ4n) is 1.55. The fourth-order valence-corrected chi connectivity index (χ4v) is 4.97. The normalized spacial score (nSPS) is 11.4. The van der Waals surface area contributed by atoms with Crippen LogP contribution in [0.3, 0.4) is 0 Å². The molecular formula is C14H28O6Ti. The SMILES string of the molecule is C=C(C)C(=O)OCC[CH2][Ti]([CH3])([O]CCOC)[O]CCOC. The van der Waals surface area contributed by atoms with Gasteiger partial charge in [0, 0.05) is 0 Å². The van der Waals surface area contributed by atoms with Crippen LogP contribution in [0.4, 0.5) is 0 Å². The molecule has 0 saturated carbocycles. The zero-order valence-corrected chi connectivity index (χ0v) is 15.2. The van der Waals surface area contributed by atoms with Gasteiger partial charge in [-0.3, -0.25) is 0 Å². The molecule has 0 aromatic heterocycles. The predicted octanol–water partition coefficient (Wildman–Crippen LogP) is 2.27. The predicted molar refractivity (Wildman–Crippen MR) is 76.7 cm³/mol. The molecule has 0 fully saturated rings. The fraction of sp³-hybridized carbons (Fsp3) is 0.786. The Kier molecular flexibility index (Phi) is 12.2. The minimum atomic E-state index is -2.84. The molecule has 0 bridgehead atoms. The topological polar surface area (TPSA) is 63.2 Å². The van der Waals surface area contributed by atoms with Crippen LogP contribution in [0.25, 0.3) is 0 Å². The summed E-state index contributed by atoms with van der Waals surface area (Å²) in [7, 11) is 3.27.